The molecular formula is C20H27FN4O2. The molecule has 0 spiro atoms. The predicted octanol–water partition coefficient (Wildman–Crippen LogP) is 4.06. The Morgan fingerprint density at radius 2 is 1.89 bits per heavy atom. The molecule has 0 saturated carbocycles. The quantitative estimate of drug-likeness (QED) is 0.817. The van der Waals surface area contributed by atoms with Crippen LogP contribution >= 0.6 is 0 Å². The minimum Gasteiger partial charge on any atom is -0.444 e. The van der Waals surface area contributed by atoms with Crippen LogP contribution in [-0.4, -0.2) is 32.9 Å². The van der Waals surface area contributed by atoms with E-state index in [2.05, 4.69) is 5.10 Å². The SMILES string of the molecule is Cc1cc(-n2nc3c(c2N)C(C)N(C(=O)OC(C)(C)C)CC3)cc(C)c1F. The standard InChI is InChI=1S/C20H27FN4O2/c1-11-9-14(10-12(2)17(11)21)25-18(22)16-13(3)24(8-7-15(16)23-25)19(26)27-20(4,5)6/h9-10,13H,7-8,22H2,1-6H3. The van der Waals surface area contributed by atoms with Crippen LogP contribution in [0.4, 0.5) is 15.0 Å². The summed E-state index contributed by atoms with van der Waals surface area (Å²) in [4.78, 5) is 14.2. The summed E-state index contributed by atoms with van der Waals surface area (Å²) >= 11 is 0. The molecule has 27 heavy (non-hydrogen) atoms. The summed E-state index contributed by atoms with van der Waals surface area (Å²) in [5, 5.41) is 4.64. The number of ether oxygens (including phenoxy) is 1. The van der Waals surface area contributed by atoms with Crippen LogP contribution in [0.1, 0.15) is 56.1 Å². The summed E-state index contributed by atoms with van der Waals surface area (Å²) in [6.07, 6.45) is 0.233. The van der Waals surface area contributed by atoms with Crippen molar-refractivity contribution in [3.63, 3.8) is 0 Å². The minimum absolute atomic E-state index is 0.223. The summed E-state index contributed by atoms with van der Waals surface area (Å²) in [5.74, 6) is 0.245. The number of carbonyl (C=O) groups excluding carboxylic acids is 1. The van der Waals surface area contributed by atoms with Gasteiger partial charge in [0.1, 0.15) is 17.2 Å². The van der Waals surface area contributed by atoms with Crippen molar-refractivity contribution in [3.05, 3.63) is 40.3 Å². The molecule has 146 valence electrons. The first kappa shape index (κ1) is 19.2. The molecule has 0 aliphatic carbocycles. The number of aromatic nitrogens is 2. The second-order valence-corrected chi connectivity index (χ2v) is 8.15. The molecule has 7 heteroatoms. The van der Waals surface area contributed by atoms with Crippen LogP contribution in [0.5, 0.6) is 0 Å². The van der Waals surface area contributed by atoms with Gasteiger partial charge >= 0.3 is 6.09 Å². The van der Waals surface area contributed by atoms with Gasteiger partial charge < -0.3 is 15.4 Å². The average molecular weight is 374 g/mol. The number of carbonyl (C=O) groups is 1. The number of amides is 1. The Morgan fingerprint density at radius 1 is 1.30 bits per heavy atom. The molecule has 0 radical (unpaired) electrons. The number of anilines is 1. The fraction of sp³-hybridized carbons (Fsp3) is 0.500. The number of hydrogen-bond acceptors (Lipinski definition) is 4. The van der Waals surface area contributed by atoms with Crippen molar-refractivity contribution in [3.8, 4) is 5.69 Å². The first-order valence-corrected chi connectivity index (χ1v) is 9.13. The van der Waals surface area contributed by atoms with Crippen molar-refractivity contribution in [2.45, 2.75) is 59.6 Å². The lowest BCUT2D eigenvalue weighted by Crippen LogP contribution is -2.42. The molecule has 1 atom stereocenters. The summed E-state index contributed by atoms with van der Waals surface area (Å²) in [7, 11) is 0. The van der Waals surface area contributed by atoms with Gasteiger partial charge in [-0.25, -0.2) is 13.9 Å². The van der Waals surface area contributed by atoms with Gasteiger partial charge in [0.2, 0.25) is 0 Å². The van der Waals surface area contributed by atoms with Gasteiger partial charge in [0.15, 0.2) is 0 Å². The molecule has 1 amide bonds. The van der Waals surface area contributed by atoms with Crippen LogP contribution in [0.25, 0.3) is 5.69 Å². The maximum absolute atomic E-state index is 14.0. The second kappa shape index (κ2) is 6.55. The van der Waals surface area contributed by atoms with Gasteiger partial charge in [0.05, 0.1) is 17.4 Å². The maximum atomic E-state index is 14.0. The van der Waals surface area contributed by atoms with E-state index >= 15 is 0 Å². The van der Waals surface area contributed by atoms with Crippen LogP contribution in [-0.2, 0) is 11.2 Å². The molecule has 0 bridgehead atoms. The zero-order chi connectivity index (χ0) is 20.1. The van der Waals surface area contributed by atoms with Crippen molar-refractivity contribution < 1.29 is 13.9 Å². The molecule has 1 aliphatic heterocycles. The van der Waals surface area contributed by atoms with Crippen molar-refractivity contribution >= 4 is 11.9 Å². The Balaban J connectivity index is 1.98. The molecule has 0 saturated heterocycles. The van der Waals surface area contributed by atoms with Crippen LogP contribution in [0.15, 0.2) is 12.1 Å². The average Bonchev–Trinajstić information content (AvgIpc) is 2.88. The fourth-order valence-electron chi connectivity index (χ4n) is 3.52. The number of rotatable bonds is 1. The Hall–Kier alpha value is -2.57. The van der Waals surface area contributed by atoms with Crippen molar-refractivity contribution in [1.82, 2.24) is 14.7 Å². The highest BCUT2D eigenvalue weighted by Crippen LogP contribution is 2.36. The largest absolute Gasteiger partial charge is 0.444 e. The lowest BCUT2D eigenvalue weighted by Gasteiger charge is -2.34. The second-order valence-electron chi connectivity index (χ2n) is 8.15. The van der Waals surface area contributed by atoms with Crippen LogP contribution in [0.2, 0.25) is 0 Å². The van der Waals surface area contributed by atoms with Crippen LogP contribution < -0.4 is 5.73 Å². The van der Waals surface area contributed by atoms with E-state index in [1.807, 2.05) is 27.7 Å². The van der Waals surface area contributed by atoms with Crippen molar-refractivity contribution in [1.29, 1.82) is 0 Å². The van der Waals surface area contributed by atoms with E-state index in [-0.39, 0.29) is 18.0 Å². The molecule has 6 nitrogen and oxygen atoms in total. The van der Waals surface area contributed by atoms with E-state index in [0.29, 0.717) is 35.6 Å². The Bertz CT molecular complexity index is 875. The molecule has 1 aliphatic rings. The normalized spacial score (nSPS) is 17.0. The molecule has 2 N–H and O–H groups in total. The third-order valence-corrected chi connectivity index (χ3v) is 4.80. The minimum atomic E-state index is -0.560. The lowest BCUT2D eigenvalue weighted by atomic mass is 10.00. The Kier molecular flexibility index (Phi) is 4.66. The highest BCUT2D eigenvalue weighted by Gasteiger charge is 2.35. The zero-order valence-electron chi connectivity index (χ0n) is 16.8. The molecule has 0 fully saturated rings. The Morgan fingerprint density at radius 3 is 2.44 bits per heavy atom. The lowest BCUT2D eigenvalue weighted by molar-refractivity contribution is 0.0160. The van der Waals surface area contributed by atoms with E-state index in [0.717, 1.165) is 11.3 Å². The topological polar surface area (TPSA) is 73.4 Å². The van der Waals surface area contributed by atoms with Gasteiger partial charge in [0.25, 0.3) is 0 Å². The smallest absolute Gasteiger partial charge is 0.410 e. The van der Waals surface area contributed by atoms with Gasteiger partial charge in [-0.15, -0.1) is 0 Å². The van der Waals surface area contributed by atoms with Crippen molar-refractivity contribution in [2.75, 3.05) is 12.3 Å². The number of nitrogens with two attached hydrogens (primary N) is 1. The van der Waals surface area contributed by atoms with Gasteiger partial charge in [-0.2, -0.15) is 5.10 Å². The van der Waals surface area contributed by atoms with E-state index in [1.165, 1.54) is 0 Å². The Labute approximate surface area is 159 Å². The van der Waals surface area contributed by atoms with Crippen LogP contribution in [0, 0.1) is 19.7 Å². The summed E-state index contributed by atoms with van der Waals surface area (Å²) in [5.41, 5.74) is 9.33. The van der Waals surface area contributed by atoms with E-state index in [9.17, 15) is 9.18 Å². The third-order valence-electron chi connectivity index (χ3n) is 4.80. The zero-order valence-corrected chi connectivity index (χ0v) is 16.8. The molecule has 3 rings (SSSR count). The molecule has 1 aromatic carbocycles. The predicted molar refractivity (Wildman–Crippen MR) is 102 cm³/mol. The van der Waals surface area contributed by atoms with Crippen LogP contribution in [0.3, 0.4) is 0 Å². The highest BCUT2D eigenvalue weighted by molar-refractivity contribution is 5.70. The fourth-order valence-corrected chi connectivity index (χ4v) is 3.52. The van der Waals surface area contributed by atoms with E-state index in [4.69, 9.17) is 10.5 Å². The monoisotopic (exact) mass is 374 g/mol. The molecule has 2 heterocycles. The number of benzene rings is 1. The van der Waals surface area contributed by atoms with Gasteiger partial charge in [-0.05, 0) is 64.8 Å². The number of nitrogens with zero attached hydrogens (tertiary/aromatic N) is 3. The summed E-state index contributed by atoms with van der Waals surface area (Å²) < 4.78 is 21.1. The van der Waals surface area contributed by atoms with Crippen molar-refractivity contribution in [2.24, 2.45) is 0 Å². The van der Waals surface area contributed by atoms with Gasteiger partial charge in [-0.3, -0.25) is 0 Å². The molecule has 2 aromatic rings. The molecule has 1 aromatic heterocycles. The number of halogens is 1. The number of fused-ring (bicyclic) bond motifs is 1. The third kappa shape index (κ3) is 3.50. The number of nitrogen functional groups attached to an aromatic ring is 1. The summed E-state index contributed by atoms with van der Waals surface area (Å²) in [6, 6.07) is 3.21. The van der Waals surface area contributed by atoms with Gasteiger partial charge in [-0.1, -0.05) is 0 Å². The first-order valence-electron chi connectivity index (χ1n) is 9.13. The van der Waals surface area contributed by atoms with Gasteiger partial charge in [0, 0.05) is 18.5 Å². The first-order chi connectivity index (χ1) is 12.5. The van der Waals surface area contributed by atoms with E-state index in [1.54, 1.807) is 35.6 Å². The summed E-state index contributed by atoms with van der Waals surface area (Å²) in [6.45, 7) is 11.4. The maximum Gasteiger partial charge on any atom is 0.410 e. The molecule has 1 unspecified atom stereocenters. The van der Waals surface area contributed by atoms with E-state index < -0.39 is 5.60 Å². The highest BCUT2D eigenvalue weighted by atomic mass is 19.1. The molecular weight excluding hydrogens is 347 g/mol. The number of hydrogen-bond donors (Lipinski definition) is 1. The number of aryl methyl sites for hydroxylation is 2.